The third-order valence-corrected chi connectivity index (χ3v) is 9.87. The van der Waals surface area contributed by atoms with E-state index in [1.165, 1.54) is 0 Å². The van der Waals surface area contributed by atoms with E-state index in [0.717, 1.165) is 21.9 Å². The number of rotatable bonds is 0. The number of nitrogens with zero attached hydrogens (tertiary/aromatic N) is 8. The first kappa shape index (κ1) is 27.5. The zero-order chi connectivity index (χ0) is 28.2. The molecule has 0 atom stereocenters. The second kappa shape index (κ2) is 8.65. The van der Waals surface area contributed by atoms with Gasteiger partial charge in [-0.05, 0) is 22.4 Å². The fourth-order valence-electron chi connectivity index (χ4n) is 5.47. The van der Waals surface area contributed by atoms with Crippen molar-refractivity contribution in [3.8, 4) is 22.8 Å². The predicted molar refractivity (Wildman–Crippen MR) is 155 cm³/mol. The number of aromatic nitrogens is 8. The Morgan fingerprint density at radius 3 is 1.51 bits per heavy atom. The van der Waals surface area contributed by atoms with Gasteiger partial charge in [-0.2, -0.15) is 0 Å². The molecule has 0 amide bonds. The Hall–Kier alpha value is -3.71. The van der Waals surface area contributed by atoms with Gasteiger partial charge >= 0.3 is 16.5 Å². The summed E-state index contributed by atoms with van der Waals surface area (Å²) in [6, 6.07) is 16.1. The van der Waals surface area contributed by atoms with Crippen molar-refractivity contribution in [1.29, 1.82) is 0 Å². The quantitative estimate of drug-likeness (QED) is 0.207. The first-order valence-electron chi connectivity index (χ1n) is 13.7. The van der Waals surface area contributed by atoms with Crippen LogP contribution in [0.3, 0.4) is 0 Å². The van der Waals surface area contributed by atoms with Crippen molar-refractivity contribution in [2.45, 2.75) is 77.0 Å². The minimum absolute atomic E-state index is 0. The predicted octanol–water partition coefficient (Wildman–Crippen LogP) is 5.87. The molecule has 0 radical (unpaired) electrons. The van der Waals surface area contributed by atoms with Gasteiger partial charge in [0.1, 0.15) is 0 Å². The summed E-state index contributed by atoms with van der Waals surface area (Å²) < 4.78 is 0. The minimum Gasteiger partial charge on any atom is -0.366 e. The molecule has 0 fully saturated rings. The van der Waals surface area contributed by atoms with Gasteiger partial charge in [-0.25, -0.2) is 4.98 Å². The average molecular weight is 587 g/mol. The van der Waals surface area contributed by atoms with Gasteiger partial charge in [-0.15, -0.1) is 0 Å². The van der Waals surface area contributed by atoms with E-state index < -0.39 is 21.7 Å². The van der Waals surface area contributed by atoms with Crippen molar-refractivity contribution in [3.05, 3.63) is 71.8 Å². The van der Waals surface area contributed by atoms with Gasteiger partial charge in [0.05, 0.1) is 23.3 Å². The normalized spacial score (nSPS) is 18.3. The van der Waals surface area contributed by atoms with Gasteiger partial charge in [0.25, 0.3) is 0 Å². The van der Waals surface area contributed by atoms with Gasteiger partial charge in [-0.1, -0.05) is 104 Å². The molecule has 8 bridgehead atoms. The fraction of sp³-hybridized carbons (Fsp3) is 0.375. The molecule has 4 aromatic rings. The summed E-state index contributed by atoms with van der Waals surface area (Å²) in [4.78, 5) is 40.2. The zero-order valence-corrected chi connectivity index (χ0v) is 25.5. The Morgan fingerprint density at radius 1 is 0.463 bits per heavy atom. The largest absolute Gasteiger partial charge is 2.00 e. The molecule has 3 aliphatic heterocycles. The van der Waals surface area contributed by atoms with Crippen LogP contribution in [0.5, 0.6) is 0 Å². The van der Waals surface area contributed by atoms with Crippen molar-refractivity contribution in [2.24, 2.45) is 0 Å². The van der Waals surface area contributed by atoms with Crippen molar-refractivity contribution < 1.29 is 16.5 Å². The second-order valence-corrected chi connectivity index (χ2v) is 13.1. The molecule has 41 heavy (non-hydrogen) atoms. The Balaban J connectivity index is 0.00000302. The Kier molecular flexibility index (Phi) is 5.79. The summed E-state index contributed by atoms with van der Waals surface area (Å²) in [5.74, 6) is 4.00. The topological polar surface area (TPSA) is 106 Å². The average Bonchev–Trinajstić information content (AvgIpc) is 3.52. The number of benzene rings is 2. The molecule has 210 valence electrons. The molecule has 0 unspecified atom stereocenters. The molecule has 0 saturated heterocycles. The number of fused-ring (bicyclic) bond motifs is 14. The third-order valence-electron chi connectivity index (χ3n) is 9.87. The van der Waals surface area contributed by atoms with Crippen LogP contribution in [0, 0.1) is 0 Å². The van der Waals surface area contributed by atoms with Gasteiger partial charge in [0, 0.05) is 44.1 Å². The first-order valence-corrected chi connectivity index (χ1v) is 13.7. The van der Waals surface area contributed by atoms with Crippen molar-refractivity contribution in [2.75, 3.05) is 0 Å². The summed E-state index contributed by atoms with van der Waals surface area (Å²) in [6.45, 7) is 17.4. The summed E-state index contributed by atoms with van der Waals surface area (Å²) >= 11 is 0. The maximum Gasteiger partial charge on any atom is 2.00 e. The summed E-state index contributed by atoms with van der Waals surface area (Å²) in [5, 5.41) is 1.84. The van der Waals surface area contributed by atoms with Crippen LogP contribution in [0.25, 0.3) is 44.8 Å². The van der Waals surface area contributed by atoms with Gasteiger partial charge in [0.2, 0.25) is 0 Å². The van der Waals surface area contributed by atoms with Gasteiger partial charge in [-0.3, -0.25) is 4.98 Å². The van der Waals surface area contributed by atoms with Crippen molar-refractivity contribution in [3.63, 3.8) is 0 Å². The SMILES string of the molecule is CC1(C)c2nc(nc3[n-]c(nc4nc(nc5[n-]c(n2)C(C)(C)C5(C)C)-c2ccccc2-4)c2ccccc32)C1(C)C.[Ni+2]. The van der Waals surface area contributed by atoms with Crippen LogP contribution >= 0.6 is 0 Å². The minimum atomic E-state index is -0.398. The standard InChI is InChI=1S/C32H32N8.Ni/c1-29(2)25-36-23-19-15-11-9-13-17(19)21(34-23)33-22-18-14-10-12-16-20(18)24(35-22)37-26-30(3,4)32(7,8)28(39-26)40-27(38-25)31(29,5)6;/h9-16H,1-8H3;/q-2;+2. The van der Waals surface area contributed by atoms with E-state index in [0.29, 0.717) is 46.2 Å². The van der Waals surface area contributed by atoms with Crippen LogP contribution in [0.15, 0.2) is 48.5 Å². The fourth-order valence-corrected chi connectivity index (χ4v) is 5.47. The van der Waals surface area contributed by atoms with Crippen molar-refractivity contribution in [1.82, 2.24) is 39.9 Å². The molecule has 7 rings (SSSR count). The molecule has 9 heteroatoms. The van der Waals surface area contributed by atoms with Crippen LogP contribution < -0.4 is 9.97 Å². The summed E-state index contributed by atoms with van der Waals surface area (Å²) in [7, 11) is 0. The third kappa shape index (κ3) is 3.64. The summed E-state index contributed by atoms with van der Waals surface area (Å²) in [6.07, 6.45) is 0. The van der Waals surface area contributed by atoms with Crippen LogP contribution in [-0.4, -0.2) is 29.9 Å². The molecule has 8 nitrogen and oxygen atoms in total. The van der Waals surface area contributed by atoms with E-state index in [1.807, 2.05) is 48.5 Å². The molecular formula is C32H32N8Ni. The monoisotopic (exact) mass is 586 g/mol. The van der Waals surface area contributed by atoms with Crippen molar-refractivity contribution >= 4 is 22.1 Å². The zero-order valence-electron chi connectivity index (χ0n) is 24.5. The molecule has 0 N–H and O–H groups in total. The maximum absolute atomic E-state index is 5.16. The van der Waals surface area contributed by atoms with E-state index in [-0.39, 0.29) is 16.5 Å². The molecule has 2 aromatic heterocycles. The molecule has 0 saturated carbocycles. The van der Waals surface area contributed by atoms with Crippen LogP contribution in [0.4, 0.5) is 0 Å². The van der Waals surface area contributed by atoms with E-state index in [1.54, 1.807) is 0 Å². The van der Waals surface area contributed by atoms with Crippen LogP contribution in [0.2, 0.25) is 0 Å². The smallest absolute Gasteiger partial charge is 0.366 e. The Labute approximate surface area is 249 Å². The molecule has 2 aromatic carbocycles. The van der Waals surface area contributed by atoms with Crippen LogP contribution in [0.1, 0.15) is 78.7 Å². The van der Waals surface area contributed by atoms with E-state index in [9.17, 15) is 0 Å². The summed E-state index contributed by atoms with van der Waals surface area (Å²) in [5.41, 5.74) is 1.44. The molecule has 0 spiro atoms. The molecule has 5 heterocycles. The Morgan fingerprint density at radius 2 is 0.927 bits per heavy atom. The van der Waals surface area contributed by atoms with E-state index in [2.05, 4.69) is 55.4 Å². The van der Waals surface area contributed by atoms with E-state index in [4.69, 9.17) is 39.9 Å². The van der Waals surface area contributed by atoms with Crippen LogP contribution in [-0.2, 0) is 38.2 Å². The molecule has 3 aliphatic rings. The second-order valence-electron chi connectivity index (χ2n) is 13.1. The maximum atomic E-state index is 5.16. The number of hydrogen-bond acceptors (Lipinski definition) is 6. The molecular weight excluding hydrogens is 555 g/mol. The van der Waals surface area contributed by atoms with Gasteiger partial charge < -0.3 is 29.9 Å². The first-order chi connectivity index (χ1) is 18.8. The Bertz CT molecular complexity index is 1930. The van der Waals surface area contributed by atoms with Gasteiger partial charge in [0.15, 0.2) is 0 Å². The van der Waals surface area contributed by atoms with E-state index >= 15 is 0 Å². The number of hydrogen-bond donors (Lipinski definition) is 0. The molecule has 0 aliphatic carbocycles.